The number of rotatable bonds is 7. The van der Waals surface area contributed by atoms with E-state index in [1.54, 1.807) is 13.3 Å². The Morgan fingerprint density at radius 2 is 2.13 bits per heavy atom. The van der Waals surface area contributed by atoms with Gasteiger partial charge in [-0.3, -0.25) is 9.58 Å². The monoisotopic (exact) mass is 317 g/mol. The van der Waals surface area contributed by atoms with Crippen molar-refractivity contribution in [3.8, 4) is 11.5 Å². The minimum absolute atomic E-state index is 0.176. The largest absolute Gasteiger partial charge is 0.493 e. The molecule has 0 aliphatic carbocycles. The normalized spacial score (nSPS) is 18.7. The van der Waals surface area contributed by atoms with Crippen LogP contribution < -0.4 is 9.47 Å². The van der Waals surface area contributed by atoms with E-state index in [4.69, 9.17) is 14.2 Å². The molecule has 2 heterocycles. The van der Waals surface area contributed by atoms with Gasteiger partial charge in [0.25, 0.3) is 0 Å². The molecule has 1 aliphatic heterocycles. The van der Waals surface area contributed by atoms with Crippen LogP contribution in [0.2, 0.25) is 0 Å². The average Bonchev–Trinajstić information content (AvgIpc) is 3.09. The van der Waals surface area contributed by atoms with Gasteiger partial charge in [0, 0.05) is 32.0 Å². The first kappa shape index (κ1) is 15.8. The summed E-state index contributed by atoms with van der Waals surface area (Å²) in [6.45, 7) is 4.88. The molecule has 0 N–H and O–H groups in total. The molecular formula is C17H23N3O3. The van der Waals surface area contributed by atoms with Crippen molar-refractivity contribution in [3.63, 3.8) is 0 Å². The lowest BCUT2D eigenvalue weighted by Gasteiger charge is -2.32. The van der Waals surface area contributed by atoms with Crippen molar-refractivity contribution in [1.82, 2.24) is 14.7 Å². The predicted molar refractivity (Wildman–Crippen MR) is 86.9 cm³/mol. The molecule has 6 heteroatoms. The molecule has 124 valence electrons. The Kier molecular flexibility index (Phi) is 5.50. The van der Waals surface area contributed by atoms with Gasteiger partial charge >= 0.3 is 0 Å². The lowest BCUT2D eigenvalue weighted by molar-refractivity contribution is -0.0401. The van der Waals surface area contributed by atoms with Gasteiger partial charge in [-0.1, -0.05) is 12.1 Å². The van der Waals surface area contributed by atoms with Gasteiger partial charge in [-0.05, 0) is 18.2 Å². The van der Waals surface area contributed by atoms with Crippen LogP contribution in [0.25, 0.3) is 0 Å². The number of hydrogen-bond acceptors (Lipinski definition) is 5. The maximum absolute atomic E-state index is 5.85. The minimum Gasteiger partial charge on any atom is -0.493 e. The van der Waals surface area contributed by atoms with Gasteiger partial charge in [0.1, 0.15) is 6.61 Å². The van der Waals surface area contributed by atoms with Crippen LogP contribution in [0.3, 0.4) is 0 Å². The molecule has 1 unspecified atom stereocenters. The summed E-state index contributed by atoms with van der Waals surface area (Å²) in [7, 11) is 1.66. The second-order valence-electron chi connectivity index (χ2n) is 5.52. The highest BCUT2D eigenvalue weighted by molar-refractivity contribution is 5.39. The van der Waals surface area contributed by atoms with E-state index in [1.165, 1.54) is 0 Å². The van der Waals surface area contributed by atoms with Crippen LogP contribution in [0.15, 0.2) is 42.7 Å². The molecule has 0 spiro atoms. The fourth-order valence-electron chi connectivity index (χ4n) is 2.73. The highest BCUT2D eigenvalue weighted by atomic mass is 16.5. The summed E-state index contributed by atoms with van der Waals surface area (Å²) in [5, 5.41) is 4.24. The predicted octanol–water partition coefficient (Wildman–Crippen LogP) is 1.67. The zero-order chi connectivity index (χ0) is 15.9. The zero-order valence-corrected chi connectivity index (χ0v) is 13.4. The van der Waals surface area contributed by atoms with Crippen LogP contribution in [0, 0.1) is 0 Å². The van der Waals surface area contributed by atoms with Gasteiger partial charge in [0.2, 0.25) is 0 Å². The second kappa shape index (κ2) is 7.99. The molecule has 0 bridgehead atoms. The van der Waals surface area contributed by atoms with Gasteiger partial charge in [-0.15, -0.1) is 0 Å². The minimum atomic E-state index is 0.176. The van der Waals surface area contributed by atoms with Crippen molar-refractivity contribution in [2.75, 3.05) is 40.0 Å². The van der Waals surface area contributed by atoms with E-state index in [9.17, 15) is 0 Å². The van der Waals surface area contributed by atoms with E-state index in [2.05, 4.69) is 10.00 Å². The lowest BCUT2D eigenvalue weighted by atomic mass is 10.2. The summed E-state index contributed by atoms with van der Waals surface area (Å²) in [6.07, 6.45) is 3.93. The number of methoxy groups -OCH3 is 1. The number of para-hydroxylation sites is 2. The molecular weight excluding hydrogens is 294 g/mol. The number of morpholine rings is 1. The van der Waals surface area contributed by atoms with Crippen LogP contribution in [0.1, 0.15) is 0 Å². The summed E-state index contributed by atoms with van der Waals surface area (Å²) in [5.41, 5.74) is 0. The van der Waals surface area contributed by atoms with E-state index in [0.717, 1.165) is 44.3 Å². The molecule has 6 nitrogen and oxygen atoms in total. The summed E-state index contributed by atoms with van der Waals surface area (Å²) in [5.74, 6) is 1.56. The Labute approximate surface area is 136 Å². The standard InChI is InChI=1S/C17H23N3O3/c1-21-16-5-2-3-6-17(16)23-12-10-19-9-11-22-15(13-19)14-20-8-4-7-18-20/h2-8,15H,9-14H2,1H3. The Morgan fingerprint density at radius 3 is 2.91 bits per heavy atom. The highest BCUT2D eigenvalue weighted by Crippen LogP contribution is 2.25. The van der Waals surface area contributed by atoms with E-state index < -0.39 is 0 Å². The Balaban J connectivity index is 1.44. The maximum atomic E-state index is 5.85. The third kappa shape index (κ3) is 4.46. The van der Waals surface area contributed by atoms with Crippen molar-refractivity contribution < 1.29 is 14.2 Å². The first-order valence-corrected chi connectivity index (χ1v) is 7.92. The number of benzene rings is 1. The second-order valence-corrected chi connectivity index (χ2v) is 5.52. The maximum Gasteiger partial charge on any atom is 0.161 e. The van der Waals surface area contributed by atoms with Gasteiger partial charge in [-0.25, -0.2) is 0 Å². The molecule has 1 atom stereocenters. The quantitative estimate of drug-likeness (QED) is 0.777. The summed E-state index contributed by atoms with van der Waals surface area (Å²) >= 11 is 0. The number of ether oxygens (including phenoxy) is 3. The zero-order valence-electron chi connectivity index (χ0n) is 13.4. The molecule has 0 radical (unpaired) electrons. The van der Waals surface area contributed by atoms with E-state index in [0.29, 0.717) is 6.61 Å². The summed E-state index contributed by atoms with van der Waals surface area (Å²) in [4.78, 5) is 2.37. The van der Waals surface area contributed by atoms with E-state index in [-0.39, 0.29) is 6.10 Å². The van der Waals surface area contributed by atoms with Crippen LogP contribution >= 0.6 is 0 Å². The summed E-state index contributed by atoms with van der Waals surface area (Å²) < 4.78 is 18.9. The number of aromatic nitrogens is 2. The smallest absolute Gasteiger partial charge is 0.161 e. The van der Waals surface area contributed by atoms with Crippen molar-refractivity contribution in [2.45, 2.75) is 12.6 Å². The highest BCUT2D eigenvalue weighted by Gasteiger charge is 2.20. The Morgan fingerprint density at radius 1 is 1.26 bits per heavy atom. The van der Waals surface area contributed by atoms with Crippen molar-refractivity contribution in [2.24, 2.45) is 0 Å². The summed E-state index contributed by atoms with van der Waals surface area (Å²) in [6, 6.07) is 9.66. The van der Waals surface area contributed by atoms with Gasteiger partial charge in [-0.2, -0.15) is 5.10 Å². The number of nitrogens with zero attached hydrogens (tertiary/aromatic N) is 3. The molecule has 0 amide bonds. The average molecular weight is 317 g/mol. The van der Waals surface area contributed by atoms with Crippen LogP contribution in [-0.4, -0.2) is 60.7 Å². The van der Waals surface area contributed by atoms with Crippen molar-refractivity contribution >= 4 is 0 Å². The molecule has 3 rings (SSSR count). The van der Waals surface area contributed by atoms with Gasteiger partial charge in [0.15, 0.2) is 11.5 Å². The van der Waals surface area contributed by atoms with Crippen LogP contribution in [0.5, 0.6) is 11.5 Å². The SMILES string of the molecule is COc1ccccc1OCCN1CCOC(Cn2cccn2)C1. The third-order valence-electron chi connectivity index (χ3n) is 3.91. The van der Waals surface area contributed by atoms with E-state index >= 15 is 0 Å². The molecule has 2 aromatic rings. The molecule has 1 fully saturated rings. The topological polar surface area (TPSA) is 48.8 Å². The number of hydrogen-bond donors (Lipinski definition) is 0. The van der Waals surface area contributed by atoms with Crippen LogP contribution in [-0.2, 0) is 11.3 Å². The van der Waals surface area contributed by atoms with Crippen molar-refractivity contribution in [3.05, 3.63) is 42.7 Å². The first-order valence-electron chi connectivity index (χ1n) is 7.92. The molecule has 23 heavy (non-hydrogen) atoms. The van der Waals surface area contributed by atoms with Crippen LogP contribution in [0.4, 0.5) is 0 Å². The Hall–Kier alpha value is -2.05. The molecule has 0 saturated carbocycles. The molecule has 1 aliphatic rings. The third-order valence-corrected chi connectivity index (χ3v) is 3.91. The molecule has 1 saturated heterocycles. The molecule has 1 aromatic heterocycles. The Bertz CT molecular complexity index is 589. The fraction of sp³-hybridized carbons (Fsp3) is 0.471. The fourth-order valence-corrected chi connectivity index (χ4v) is 2.73. The first-order chi connectivity index (χ1) is 11.3. The van der Waals surface area contributed by atoms with Crippen molar-refractivity contribution in [1.29, 1.82) is 0 Å². The lowest BCUT2D eigenvalue weighted by Crippen LogP contribution is -2.45. The molecule has 1 aromatic carbocycles. The van der Waals surface area contributed by atoms with Gasteiger partial charge < -0.3 is 14.2 Å². The van der Waals surface area contributed by atoms with E-state index in [1.807, 2.05) is 41.2 Å². The van der Waals surface area contributed by atoms with Gasteiger partial charge in [0.05, 0.1) is 26.4 Å².